The average Bonchev–Trinajstić information content (AvgIpc) is 3.08. The molecule has 234 valence electrons. The van der Waals surface area contributed by atoms with Gasteiger partial charge < -0.3 is 14.9 Å². The number of aryl methyl sites for hydroxylation is 1. The number of benzene rings is 1. The Hall–Kier alpha value is -4.79. The highest BCUT2D eigenvalue weighted by Crippen LogP contribution is 2.43. The van der Waals surface area contributed by atoms with E-state index in [0.717, 1.165) is 16.7 Å². The van der Waals surface area contributed by atoms with Crippen LogP contribution in [0.3, 0.4) is 0 Å². The van der Waals surface area contributed by atoms with Crippen molar-refractivity contribution in [3.8, 4) is 22.7 Å². The zero-order valence-corrected chi connectivity index (χ0v) is 25.2. The lowest BCUT2D eigenvalue weighted by atomic mass is 10.0. The smallest absolute Gasteiger partial charge is 0.355 e. The predicted molar refractivity (Wildman–Crippen MR) is 159 cm³/mol. The number of aromatic hydroxyl groups is 1. The van der Waals surface area contributed by atoms with Gasteiger partial charge in [0, 0.05) is 25.8 Å². The van der Waals surface area contributed by atoms with Crippen molar-refractivity contribution in [3.63, 3.8) is 0 Å². The van der Waals surface area contributed by atoms with E-state index in [-0.39, 0.29) is 42.4 Å². The SMILES string of the molecule is C=CC(=O)N1CCN2c3nc(=O)n(-c4c(C)ccnc4C(C)C)c4nc(-c5c(O)ccc(F)c5F)c(F)c(c34)S(=O)(=O)CC2C1. The van der Waals surface area contributed by atoms with E-state index in [1.807, 2.05) is 13.8 Å². The number of hydrogen-bond donors (Lipinski definition) is 1. The molecule has 0 aliphatic carbocycles. The van der Waals surface area contributed by atoms with Gasteiger partial charge in [0.15, 0.2) is 32.9 Å². The van der Waals surface area contributed by atoms with Gasteiger partial charge in [0.05, 0.1) is 34.1 Å². The molecule has 1 saturated heterocycles. The minimum absolute atomic E-state index is 0.0383. The van der Waals surface area contributed by atoms with Gasteiger partial charge in [-0.25, -0.2) is 35.9 Å². The Morgan fingerprint density at radius 2 is 1.87 bits per heavy atom. The van der Waals surface area contributed by atoms with E-state index in [1.54, 1.807) is 13.0 Å². The largest absolute Gasteiger partial charge is 0.507 e. The maximum atomic E-state index is 16.7. The molecule has 3 aromatic heterocycles. The Kier molecular flexibility index (Phi) is 7.18. The minimum Gasteiger partial charge on any atom is -0.507 e. The quantitative estimate of drug-likeness (QED) is 0.333. The summed E-state index contributed by atoms with van der Waals surface area (Å²) in [4.78, 5) is 41.4. The van der Waals surface area contributed by atoms with Crippen LogP contribution in [0.15, 0.2) is 46.7 Å². The fourth-order valence-corrected chi connectivity index (χ4v) is 7.86. The Morgan fingerprint density at radius 3 is 2.56 bits per heavy atom. The summed E-state index contributed by atoms with van der Waals surface area (Å²) in [6.45, 7) is 8.85. The molecule has 2 aliphatic rings. The van der Waals surface area contributed by atoms with Crippen LogP contribution in [0.1, 0.15) is 31.0 Å². The molecule has 1 atom stereocenters. The van der Waals surface area contributed by atoms with Gasteiger partial charge in [-0.3, -0.25) is 9.78 Å². The van der Waals surface area contributed by atoms with Crippen molar-refractivity contribution in [2.75, 3.05) is 30.3 Å². The summed E-state index contributed by atoms with van der Waals surface area (Å²) < 4.78 is 75.5. The lowest BCUT2D eigenvalue weighted by molar-refractivity contribution is -0.126. The lowest BCUT2D eigenvalue weighted by Gasteiger charge is -2.40. The second-order valence-corrected chi connectivity index (χ2v) is 13.2. The molecule has 6 rings (SSSR count). The van der Waals surface area contributed by atoms with Crippen molar-refractivity contribution in [1.82, 2.24) is 24.4 Å². The van der Waals surface area contributed by atoms with Crippen LogP contribution in [0, 0.1) is 24.4 Å². The molecular weight excluding hydrogens is 613 g/mol. The standard InChI is InChI=1S/C30H27F3N6O5S/c1-5-19(41)37-10-11-38-16(12-37)13-45(43,44)27-21-28(38)36-30(42)39(26-15(4)8-9-34-24(26)14(2)3)29(21)35-25(23(27)33)20-18(40)7-6-17(31)22(20)32/h5-9,14,16,40H,1,10-13H2,2-4H3. The monoisotopic (exact) mass is 640 g/mol. The number of pyridine rings is 2. The zero-order chi connectivity index (χ0) is 32.5. The van der Waals surface area contributed by atoms with Gasteiger partial charge in [-0.2, -0.15) is 4.98 Å². The first kappa shape index (κ1) is 30.2. The van der Waals surface area contributed by atoms with Crippen LogP contribution < -0.4 is 10.6 Å². The topological polar surface area (TPSA) is 139 Å². The molecule has 45 heavy (non-hydrogen) atoms. The summed E-state index contributed by atoms with van der Waals surface area (Å²) in [6.07, 6.45) is 2.62. The minimum atomic E-state index is -4.65. The van der Waals surface area contributed by atoms with E-state index in [2.05, 4.69) is 21.5 Å². The number of anilines is 1. The molecule has 15 heteroatoms. The molecule has 1 fully saturated rings. The van der Waals surface area contributed by atoms with Crippen LogP contribution in [-0.2, 0) is 14.6 Å². The predicted octanol–water partition coefficient (Wildman–Crippen LogP) is 3.39. The molecule has 0 radical (unpaired) electrons. The number of aromatic nitrogens is 4. The summed E-state index contributed by atoms with van der Waals surface area (Å²) in [6, 6.07) is 2.06. The number of fused-ring (bicyclic) bond motifs is 2. The van der Waals surface area contributed by atoms with Crippen LogP contribution >= 0.6 is 0 Å². The van der Waals surface area contributed by atoms with Gasteiger partial charge in [0.1, 0.15) is 22.2 Å². The molecule has 1 aromatic carbocycles. The molecule has 0 bridgehead atoms. The Labute approximate surface area is 255 Å². The van der Waals surface area contributed by atoms with E-state index in [0.29, 0.717) is 17.3 Å². The van der Waals surface area contributed by atoms with E-state index in [9.17, 15) is 27.5 Å². The maximum Gasteiger partial charge on any atom is 0.355 e. The van der Waals surface area contributed by atoms with Crippen molar-refractivity contribution in [2.24, 2.45) is 0 Å². The van der Waals surface area contributed by atoms with E-state index in [1.165, 1.54) is 16.0 Å². The maximum absolute atomic E-state index is 16.7. The van der Waals surface area contributed by atoms with E-state index in [4.69, 9.17) is 0 Å². The molecule has 0 saturated carbocycles. The van der Waals surface area contributed by atoms with Crippen LogP contribution in [0.2, 0.25) is 0 Å². The number of nitrogens with zero attached hydrogens (tertiary/aromatic N) is 6. The molecular formula is C30H27F3N6O5S. The Balaban J connectivity index is 1.80. The Morgan fingerprint density at radius 1 is 1.13 bits per heavy atom. The van der Waals surface area contributed by atoms with Crippen LogP contribution in [-0.4, -0.2) is 75.3 Å². The molecule has 5 heterocycles. The van der Waals surface area contributed by atoms with Gasteiger partial charge in [-0.1, -0.05) is 20.4 Å². The van der Waals surface area contributed by atoms with E-state index < -0.39 is 78.2 Å². The number of sulfone groups is 1. The fraction of sp³-hybridized carbons (Fsp3) is 0.300. The normalized spacial score (nSPS) is 17.4. The fourth-order valence-electron chi connectivity index (χ4n) is 6.04. The molecule has 4 aromatic rings. The van der Waals surface area contributed by atoms with Crippen molar-refractivity contribution < 1.29 is 31.5 Å². The number of hydrogen-bond acceptors (Lipinski definition) is 9. The average molecular weight is 641 g/mol. The number of carbonyl (C=O) groups is 1. The molecule has 0 spiro atoms. The first-order valence-corrected chi connectivity index (χ1v) is 15.6. The van der Waals surface area contributed by atoms with Crippen LogP contribution in [0.25, 0.3) is 28.0 Å². The number of carbonyl (C=O) groups excluding carboxylic acids is 1. The number of phenolic OH excluding ortho intramolecular Hbond substituents is 1. The summed E-state index contributed by atoms with van der Waals surface area (Å²) in [5.41, 5.74) is -2.23. The first-order chi connectivity index (χ1) is 21.3. The summed E-state index contributed by atoms with van der Waals surface area (Å²) >= 11 is 0. The van der Waals surface area contributed by atoms with Gasteiger partial charge in [0.2, 0.25) is 5.91 Å². The molecule has 11 nitrogen and oxygen atoms in total. The molecule has 1 unspecified atom stereocenters. The number of amides is 1. The van der Waals surface area contributed by atoms with Crippen molar-refractivity contribution in [1.29, 1.82) is 0 Å². The second-order valence-electron chi connectivity index (χ2n) is 11.2. The number of piperazine rings is 1. The van der Waals surface area contributed by atoms with Crippen LogP contribution in [0.4, 0.5) is 19.0 Å². The zero-order valence-electron chi connectivity index (χ0n) is 24.4. The summed E-state index contributed by atoms with van der Waals surface area (Å²) in [5.74, 6) is -7.17. The third-order valence-electron chi connectivity index (χ3n) is 8.10. The third-order valence-corrected chi connectivity index (χ3v) is 9.93. The van der Waals surface area contributed by atoms with Crippen molar-refractivity contribution in [2.45, 2.75) is 37.6 Å². The highest BCUT2D eigenvalue weighted by atomic mass is 32.2. The number of halogens is 3. The molecule has 1 N–H and O–H groups in total. The number of phenols is 1. The van der Waals surface area contributed by atoms with Gasteiger partial charge in [0.25, 0.3) is 0 Å². The number of rotatable bonds is 4. The van der Waals surface area contributed by atoms with Gasteiger partial charge in [-0.05, 0) is 42.7 Å². The van der Waals surface area contributed by atoms with Crippen molar-refractivity contribution in [3.05, 3.63) is 76.2 Å². The van der Waals surface area contributed by atoms with Gasteiger partial charge >= 0.3 is 5.69 Å². The van der Waals surface area contributed by atoms with Crippen LogP contribution in [0.5, 0.6) is 5.75 Å². The highest BCUT2D eigenvalue weighted by Gasteiger charge is 2.43. The summed E-state index contributed by atoms with van der Waals surface area (Å²) in [7, 11) is -4.65. The molecule has 2 aliphatic heterocycles. The van der Waals surface area contributed by atoms with E-state index >= 15 is 8.78 Å². The Bertz CT molecular complexity index is 2120. The lowest BCUT2D eigenvalue weighted by Crippen LogP contribution is -2.57. The van der Waals surface area contributed by atoms with Gasteiger partial charge in [-0.15, -0.1) is 0 Å². The highest BCUT2D eigenvalue weighted by molar-refractivity contribution is 7.91. The molecule has 1 amide bonds. The third kappa shape index (κ3) is 4.64. The first-order valence-electron chi connectivity index (χ1n) is 14.0. The summed E-state index contributed by atoms with van der Waals surface area (Å²) in [5, 5.41) is 10.2. The second kappa shape index (κ2) is 10.7. The van der Waals surface area contributed by atoms with Crippen molar-refractivity contribution >= 4 is 32.6 Å².